The van der Waals surface area contributed by atoms with Crippen LogP contribution in [-0.2, 0) is 14.9 Å². The number of aromatic amines is 1. The average Bonchev–Trinajstić information content (AvgIpc) is 3.26. The normalized spacial score (nSPS) is 17.8. The number of H-pyrrole nitrogens is 1. The Labute approximate surface area is 183 Å². The number of methoxy groups -OCH3 is 1. The number of fused-ring (bicyclic) bond motifs is 1. The Morgan fingerprint density at radius 2 is 1.90 bits per heavy atom. The Hall–Kier alpha value is -2.86. The molecule has 3 aromatic rings. The van der Waals surface area contributed by atoms with Crippen LogP contribution in [0.3, 0.4) is 0 Å². The molecule has 1 saturated heterocycles. The standard InChI is InChI=1S/C25H31N3O3/c1-4-17(2)22(23-26-20-7-5-6-8-21(20)27-23)28-24(29)25(13-15-31-16-14-25)18-9-11-19(30-3)12-10-18/h5-12,17,22H,4,13-16H2,1-3H3,(H,26,27)(H,28,29)/t17-,22-/m1/s1. The molecule has 1 aromatic heterocycles. The molecule has 0 bridgehead atoms. The van der Waals surface area contributed by atoms with Gasteiger partial charge in [0.15, 0.2) is 0 Å². The average molecular weight is 422 g/mol. The maximum absolute atomic E-state index is 13.9. The number of amides is 1. The maximum Gasteiger partial charge on any atom is 0.231 e. The van der Waals surface area contributed by atoms with E-state index in [2.05, 4.69) is 24.1 Å². The quantitative estimate of drug-likeness (QED) is 0.588. The molecule has 6 heteroatoms. The van der Waals surface area contributed by atoms with E-state index in [1.54, 1.807) is 7.11 Å². The van der Waals surface area contributed by atoms with E-state index in [1.165, 1.54) is 0 Å². The third-order valence-corrected chi connectivity index (χ3v) is 6.63. The van der Waals surface area contributed by atoms with Crippen molar-refractivity contribution in [2.75, 3.05) is 20.3 Å². The van der Waals surface area contributed by atoms with Gasteiger partial charge in [-0.3, -0.25) is 4.79 Å². The van der Waals surface area contributed by atoms with Crippen LogP contribution in [0.1, 0.15) is 50.5 Å². The first-order chi connectivity index (χ1) is 15.1. The van der Waals surface area contributed by atoms with E-state index < -0.39 is 5.41 Å². The molecule has 1 aliphatic rings. The Balaban J connectivity index is 1.67. The number of rotatable bonds is 7. The second-order valence-electron chi connectivity index (χ2n) is 8.40. The predicted molar refractivity (Wildman–Crippen MR) is 121 cm³/mol. The lowest BCUT2D eigenvalue weighted by Crippen LogP contribution is -2.50. The predicted octanol–water partition coefficient (Wildman–Crippen LogP) is 4.52. The van der Waals surface area contributed by atoms with Gasteiger partial charge < -0.3 is 19.8 Å². The fourth-order valence-corrected chi connectivity index (χ4v) is 4.39. The number of carbonyl (C=O) groups excluding carboxylic acids is 1. The summed E-state index contributed by atoms with van der Waals surface area (Å²) in [7, 11) is 1.65. The highest BCUT2D eigenvalue weighted by Gasteiger charge is 2.43. The number of benzene rings is 2. The minimum Gasteiger partial charge on any atom is -0.497 e. The zero-order valence-corrected chi connectivity index (χ0v) is 18.5. The topological polar surface area (TPSA) is 76.2 Å². The number of hydrogen-bond acceptors (Lipinski definition) is 4. The molecule has 2 N–H and O–H groups in total. The summed E-state index contributed by atoms with van der Waals surface area (Å²) in [6, 6.07) is 15.6. The van der Waals surface area contributed by atoms with E-state index in [0.717, 1.165) is 34.6 Å². The molecule has 0 radical (unpaired) electrons. The van der Waals surface area contributed by atoms with Crippen LogP contribution in [0.25, 0.3) is 11.0 Å². The second kappa shape index (κ2) is 9.10. The summed E-state index contributed by atoms with van der Waals surface area (Å²) in [5.74, 6) is 1.86. The van der Waals surface area contributed by atoms with Crippen LogP contribution in [0.15, 0.2) is 48.5 Å². The Bertz CT molecular complexity index is 989. The molecule has 4 rings (SSSR count). The van der Waals surface area contributed by atoms with Crippen molar-refractivity contribution in [2.24, 2.45) is 5.92 Å². The minimum atomic E-state index is -0.623. The van der Waals surface area contributed by atoms with Gasteiger partial charge in [-0.2, -0.15) is 0 Å². The van der Waals surface area contributed by atoms with Gasteiger partial charge in [-0.1, -0.05) is 44.5 Å². The number of imidazole rings is 1. The third-order valence-electron chi connectivity index (χ3n) is 6.63. The number of nitrogens with one attached hydrogen (secondary N) is 2. The molecule has 2 atom stereocenters. The monoisotopic (exact) mass is 421 g/mol. The zero-order chi connectivity index (χ0) is 21.8. The van der Waals surface area contributed by atoms with Crippen molar-refractivity contribution in [3.05, 3.63) is 59.9 Å². The van der Waals surface area contributed by atoms with Crippen molar-refractivity contribution in [3.8, 4) is 5.75 Å². The van der Waals surface area contributed by atoms with Crippen LogP contribution in [0.2, 0.25) is 0 Å². The van der Waals surface area contributed by atoms with Gasteiger partial charge in [-0.15, -0.1) is 0 Å². The van der Waals surface area contributed by atoms with Gasteiger partial charge in [0.2, 0.25) is 5.91 Å². The SMILES string of the molecule is CC[C@@H](C)[C@@H](NC(=O)C1(c2ccc(OC)cc2)CCOCC1)c1nc2ccccc2[nH]1. The van der Waals surface area contributed by atoms with E-state index in [9.17, 15) is 4.79 Å². The molecule has 1 fully saturated rings. The summed E-state index contributed by atoms with van der Waals surface area (Å²) < 4.78 is 10.9. The minimum absolute atomic E-state index is 0.0340. The molecule has 2 heterocycles. The molecule has 31 heavy (non-hydrogen) atoms. The summed E-state index contributed by atoms with van der Waals surface area (Å²) in [5.41, 5.74) is 2.27. The molecule has 0 spiro atoms. The van der Waals surface area contributed by atoms with Gasteiger partial charge in [0.05, 0.1) is 29.6 Å². The fourth-order valence-electron chi connectivity index (χ4n) is 4.39. The van der Waals surface area contributed by atoms with Crippen molar-refractivity contribution in [3.63, 3.8) is 0 Å². The fraction of sp³-hybridized carbons (Fsp3) is 0.440. The number of ether oxygens (including phenoxy) is 2. The largest absolute Gasteiger partial charge is 0.497 e. The van der Waals surface area contributed by atoms with Crippen molar-refractivity contribution in [1.29, 1.82) is 0 Å². The summed E-state index contributed by atoms with van der Waals surface area (Å²) in [5, 5.41) is 3.36. The smallest absolute Gasteiger partial charge is 0.231 e. The first kappa shape index (κ1) is 21.4. The molecule has 1 amide bonds. The molecule has 2 aromatic carbocycles. The highest BCUT2D eigenvalue weighted by atomic mass is 16.5. The molecule has 0 unspecified atom stereocenters. The number of carbonyl (C=O) groups is 1. The highest BCUT2D eigenvalue weighted by Crippen LogP contribution is 2.37. The maximum atomic E-state index is 13.9. The Kier molecular flexibility index (Phi) is 6.28. The molecular formula is C25H31N3O3. The van der Waals surface area contributed by atoms with Gasteiger partial charge in [0.25, 0.3) is 0 Å². The van der Waals surface area contributed by atoms with Gasteiger partial charge in [-0.25, -0.2) is 4.98 Å². The summed E-state index contributed by atoms with van der Waals surface area (Å²) in [4.78, 5) is 22.1. The second-order valence-corrected chi connectivity index (χ2v) is 8.40. The van der Waals surface area contributed by atoms with Crippen LogP contribution in [-0.4, -0.2) is 36.2 Å². The molecule has 0 aliphatic carbocycles. The molecule has 0 saturated carbocycles. The first-order valence-electron chi connectivity index (χ1n) is 11.1. The number of aromatic nitrogens is 2. The van der Waals surface area contributed by atoms with Crippen molar-refractivity contribution in [1.82, 2.24) is 15.3 Å². The van der Waals surface area contributed by atoms with Crippen LogP contribution < -0.4 is 10.1 Å². The lowest BCUT2D eigenvalue weighted by atomic mass is 9.73. The van der Waals surface area contributed by atoms with Gasteiger partial charge >= 0.3 is 0 Å². The van der Waals surface area contributed by atoms with Gasteiger partial charge in [-0.05, 0) is 48.6 Å². The van der Waals surface area contributed by atoms with Gasteiger partial charge in [0.1, 0.15) is 11.6 Å². The van der Waals surface area contributed by atoms with Crippen LogP contribution in [0.5, 0.6) is 5.75 Å². The molecule has 1 aliphatic heterocycles. The zero-order valence-electron chi connectivity index (χ0n) is 18.5. The van der Waals surface area contributed by atoms with E-state index in [0.29, 0.717) is 26.1 Å². The van der Waals surface area contributed by atoms with Crippen molar-refractivity contribution >= 4 is 16.9 Å². The highest BCUT2D eigenvalue weighted by molar-refractivity contribution is 5.89. The third kappa shape index (κ3) is 4.17. The molecule has 164 valence electrons. The van der Waals surface area contributed by atoms with E-state index in [1.807, 2.05) is 48.5 Å². The summed E-state index contributed by atoms with van der Waals surface area (Å²) in [6.07, 6.45) is 2.23. The van der Waals surface area contributed by atoms with Crippen LogP contribution in [0, 0.1) is 5.92 Å². The molecular weight excluding hydrogens is 390 g/mol. The number of nitrogens with zero attached hydrogens (tertiary/aromatic N) is 1. The lowest BCUT2D eigenvalue weighted by molar-refractivity contribution is -0.131. The van der Waals surface area contributed by atoms with Crippen molar-refractivity contribution in [2.45, 2.75) is 44.6 Å². The van der Waals surface area contributed by atoms with E-state index in [4.69, 9.17) is 14.5 Å². The summed E-state index contributed by atoms with van der Waals surface area (Å²) >= 11 is 0. The van der Waals surface area contributed by atoms with Crippen LogP contribution >= 0.6 is 0 Å². The van der Waals surface area contributed by atoms with E-state index in [-0.39, 0.29) is 17.9 Å². The van der Waals surface area contributed by atoms with Gasteiger partial charge in [0, 0.05) is 13.2 Å². The summed E-state index contributed by atoms with van der Waals surface area (Å²) in [6.45, 7) is 5.43. The number of hydrogen-bond donors (Lipinski definition) is 2. The van der Waals surface area contributed by atoms with E-state index >= 15 is 0 Å². The Morgan fingerprint density at radius 1 is 1.19 bits per heavy atom. The molecule has 6 nitrogen and oxygen atoms in total. The lowest BCUT2D eigenvalue weighted by Gasteiger charge is -2.38. The Morgan fingerprint density at radius 3 is 2.55 bits per heavy atom. The van der Waals surface area contributed by atoms with Crippen molar-refractivity contribution < 1.29 is 14.3 Å². The first-order valence-corrected chi connectivity index (χ1v) is 11.1. The van der Waals surface area contributed by atoms with Crippen LogP contribution in [0.4, 0.5) is 0 Å². The number of para-hydroxylation sites is 2.